The third kappa shape index (κ3) is 4.73. The Morgan fingerprint density at radius 1 is 0.645 bits per heavy atom. The van der Waals surface area contributed by atoms with Crippen molar-refractivity contribution in [3.8, 4) is 17.2 Å². The molecule has 31 heavy (non-hydrogen) atoms. The highest BCUT2D eigenvalue weighted by atomic mass is 16.5. The van der Waals surface area contributed by atoms with E-state index >= 15 is 0 Å². The standard InChI is InChI=1S/C26H32N2O3/c29-26-18-20-17-21(30-15-13-27-9-1-2-10-27)5-7-23(20)24-8-6-22(19-25(24)26)31-16-14-28-11-3-4-12-28/h5-8,17-19,29H,1-4,9-16H2. The lowest BCUT2D eigenvalue weighted by Gasteiger charge is -2.16. The average molecular weight is 421 g/mol. The lowest BCUT2D eigenvalue weighted by atomic mass is 10.0. The molecule has 2 fully saturated rings. The minimum Gasteiger partial charge on any atom is -0.507 e. The van der Waals surface area contributed by atoms with Gasteiger partial charge in [-0.3, -0.25) is 9.80 Å². The van der Waals surface area contributed by atoms with Crippen LogP contribution < -0.4 is 9.47 Å². The maximum absolute atomic E-state index is 10.7. The van der Waals surface area contributed by atoms with E-state index < -0.39 is 0 Å². The first-order valence-corrected chi connectivity index (χ1v) is 11.7. The van der Waals surface area contributed by atoms with Gasteiger partial charge in [0.25, 0.3) is 0 Å². The van der Waals surface area contributed by atoms with Gasteiger partial charge in [0.1, 0.15) is 30.5 Å². The van der Waals surface area contributed by atoms with E-state index in [4.69, 9.17) is 9.47 Å². The van der Waals surface area contributed by atoms with Gasteiger partial charge < -0.3 is 14.6 Å². The molecule has 3 aromatic carbocycles. The fourth-order valence-electron chi connectivity index (χ4n) is 4.88. The molecule has 0 unspecified atom stereocenters. The van der Waals surface area contributed by atoms with Crippen LogP contribution in [0.4, 0.5) is 0 Å². The van der Waals surface area contributed by atoms with Gasteiger partial charge in [-0.15, -0.1) is 0 Å². The summed E-state index contributed by atoms with van der Waals surface area (Å²) in [5, 5.41) is 14.7. The summed E-state index contributed by atoms with van der Waals surface area (Å²) in [6.45, 7) is 8.04. The summed E-state index contributed by atoms with van der Waals surface area (Å²) >= 11 is 0. The fraction of sp³-hybridized carbons (Fsp3) is 0.462. The number of hydrogen-bond donors (Lipinski definition) is 1. The van der Waals surface area contributed by atoms with Crippen molar-refractivity contribution in [1.29, 1.82) is 0 Å². The Morgan fingerprint density at radius 3 is 1.81 bits per heavy atom. The first-order valence-electron chi connectivity index (χ1n) is 11.7. The van der Waals surface area contributed by atoms with E-state index in [2.05, 4.69) is 21.9 Å². The van der Waals surface area contributed by atoms with Gasteiger partial charge in [0.2, 0.25) is 0 Å². The molecule has 2 aliphatic heterocycles. The van der Waals surface area contributed by atoms with E-state index in [9.17, 15) is 5.11 Å². The molecule has 5 heteroatoms. The Morgan fingerprint density at radius 2 is 1.19 bits per heavy atom. The van der Waals surface area contributed by atoms with E-state index in [1.165, 1.54) is 51.9 Å². The number of hydrogen-bond acceptors (Lipinski definition) is 5. The number of phenols is 1. The second kappa shape index (κ2) is 9.33. The normalized spacial score (nSPS) is 17.7. The van der Waals surface area contributed by atoms with Gasteiger partial charge in [-0.05, 0) is 104 Å². The van der Waals surface area contributed by atoms with Crippen LogP contribution in [0.15, 0.2) is 42.5 Å². The minimum absolute atomic E-state index is 0.279. The molecule has 1 N–H and O–H groups in total. The highest BCUT2D eigenvalue weighted by Crippen LogP contribution is 2.36. The predicted octanol–water partition coefficient (Wildman–Crippen LogP) is 4.65. The monoisotopic (exact) mass is 420 g/mol. The summed E-state index contributed by atoms with van der Waals surface area (Å²) in [6, 6.07) is 14.0. The maximum atomic E-state index is 10.7. The van der Waals surface area contributed by atoms with Crippen molar-refractivity contribution < 1.29 is 14.6 Å². The Hall–Kier alpha value is -2.50. The molecule has 0 spiro atoms. The molecule has 0 amide bonds. The molecule has 2 heterocycles. The number of likely N-dealkylation sites (tertiary alicyclic amines) is 2. The molecule has 2 aliphatic rings. The lowest BCUT2D eigenvalue weighted by molar-refractivity contribution is 0.238. The zero-order valence-corrected chi connectivity index (χ0v) is 18.2. The van der Waals surface area contributed by atoms with Crippen molar-refractivity contribution in [1.82, 2.24) is 9.80 Å². The smallest absolute Gasteiger partial charge is 0.124 e. The van der Waals surface area contributed by atoms with E-state index in [0.29, 0.717) is 13.2 Å². The molecule has 0 saturated carbocycles. The second-order valence-corrected chi connectivity index (χ2v) is 8.78. The van der Waals surface area contributed by atoms with Crippen LogP contribution in [0.1, 0.15) is 25.7 Å². The number of ether oxygens (including phenoxy) is 2. The largest absolute Gasteiger partial charge is 0.507 e. The van der Waals surface area contributed by atoms with E-state index in [1.54, 1.807) is 0 Å². The summed E-state index contributed by atoms with van der Waals surface area (Å²) in [6.07, 6.45) is 5.19. The Bertz CT molecular complexity index is 1040. The Kier molecular flexibility index (Phi) is 6.14. The van der Waals surface area contributed by atoms with Crippen molar-refractivity contribution >= 4 is 21.5 Å². The minimum atomic E-state index is 0.279. The number of phenolic OH excluding ortho intramolecular Hbond substituents is 1. The third-order valence-electron chi connectivity index (χ3n) is 6.62. The van der Waals surface area contributed by atoms with Crippen LogP contribution in [0, 0.1) is 0 Å². The Balaban J connectivity index is 1.29. The van der Waals surface area contributed by atoms with Gasteiger partial charge in [-0.25, -0.2) is 0 Å². The molecule has 0 aromatic heterocycles. The molecule has 0 radical (unpaired) electrons. The maximum Gasteiger partial charge on any atom is 0.124 e. The zero-order valence-electron chi connectivity index (χ0n) is 18.2. The summed E-state index contributed by atoms with van der Waals surface area (Å²) in [5.74, 6) is 1.94. The number of nitrogens with zero attached hydrogens (tertiary/aromatic N) is 2. The van der Waals surface area contributed by atoms with Gasteiger partial charge in [0.15, 0.2) is 0 Å². The lowest BCUT2D eigenvalue weighted by Crippen LogP contribution is -2.25. The number of rotatable bonds is 8. The summed E-state index contributed by atoms with van der Waals surface area (Å²) in [7, 11) is 0. The number of fused-ring (bicyclic) bond motifs is 3. The van der Waals surface area contributed by atoms with Crippen molar-refractivity contribution in [2.24, 2.45) is 0 Å². The number of benzene rings is 3. The van der Waals surface area contributed by atoms with Gasteiger partial charge in [0.05, 0.1) is 0 Å². The summed E-state index contributed by atoms with van der Waals surface area (Å²) < 4.78 is 12.0. The molecule has 3 aromatic rings. The highest BCUT2D eigenvalue weighted by molar-refractivity contribution is 6.10. The van der Waals surface area contributed by atoms with E-state index in [1.807, 2.05) is 30.3 Å². The highest BCUT2D eigenvalue weighted by Gasteiger charge is 2.13. The van der Waals surface area contributed by atoms with Crippen LogP contribution in [0.25, 0.3) is 21.5 Å². The van der Waals surface area contributed by atoms with Crippen molar-refractivity contribution in [3.63, 3.8) is 0 Å². The van der Waals surface area contributed by atoms with E-state index in [-0.39, 0.29) is 5.75 Å². The molecule has 164 valence electrons. The van der Waals surface area contributed by atoms with E-state index in [0.717, 1.165) is 46.1 Å². The van der Waals surface area contributed by atoms with Crippen LogP contribution >= 0.6 is 0 Å². The SMILES string of the molecule is Oc1cc2cc(OCCN3CCCC3)ccc2c2ccc(OCCN3CCCC3)cc12. The molecule has 0 aliphatic carbocycles. The third-order valence-corrected chi connectivity index (χ3v) is 6.62. The zero-order chi connectivity index (χ0) is 21.0. The van der Waals surface area contributed by atoms with Crippen molar-refractivity contribution in [2.45, 2.75) is 25.7 Å². The van der Waals surface area contributed by atoms with Gasteiger partial charge in [-0.1, -0.05) is 6.07 Å². The average Bonchev–Trinajstić information content (AvgIpc) is 3.48. The van der Waals surface area contributed by atoms with Crippen molar-refractivity contribution in [2.75, 3.05) is 52.5 Å². The quantitative estimate of drug-likeness (QED) is 0.538. The van der Waals surface area contributed by atoms with Crippen LogP contribution in [-0.4, -0.2) is 67.4 Å². The first-order chi connectivity index (χ1) is 15.3. The fourth-order valence-corrected chi connectivity index (χ4v) is 4.88. The van der Waals surface area contributed by atoms with Crippen LogP contribution in [0.5, 0.6) is 17.2 Å². The number of aromatic hydroxyl groups is 1. The predicted molar refractivity (Wildman–Crippen MR) is 125 cm³/mol. The van der Waals surface area contributed by atoms with Crippen LogP contribution in [-0.2, 0) is 0 Å². The second-order valence-electron chi connectivity index (χ2n) is 8.78. The van der Waals surface area contributed by atoms with Crippen LogP contribution in [0.3, 0.4) is 0 Å². The molecule has 5 nitrogen and oxygen atoms in total. The molecule has 0 atom stereocenters. The molecule has 5 rings (SSSR count). The summed E-state index contributed by atoms with van der Waals surface area (Å²) in [5.41, 5.74) is 0. The molecule has 0 bridgehead atoms. The first kappa shape index (κ1) is 20.4. The van der Waals surface area contributed by atoms with Gasteiger partial charge in [0, 0.05) is 18.5 Å². The molecular weight excluding hydrogens is 388 g/mol. The van der Waals surface area contributed by atoms with Gasteiger partial charge in [-0.2, -0.15) is 0 Å². The van der Waals surface area contributed by atoms with Crippen molar-refractivity contribution in [3.05, 3.63) is 42.5 Å². The van der Waals surface area contributed by atoms with Crippen LogP contribution in [0.2, 0.25) is 0 Å². The topological polar surface area (TPSA) is 45.2 Å². The molecule has 2 saturated heterocycles. The Labute approximate surface area is 184 Å². The summed E-state index contributed by atoms with van der Waals surface area (Å²) in [4.78, 5) is 4.89. The van der Waals surface area contributed by atoms with Gasteiger partial charge >= 0.3 is 0 Å². The molecular formula is C26H32N2O3.